The minimum Gasteiger partial charge on any atom is -0.495 e. The standard InChI is InChI=1S/C15H20Cl2O2/c1-9-5-4-6-10(9)13(16)11-7-8-12(18-2)14(17)15(11)19-3/h7-10,13H,4-6H2,1-3H3. The summed E-state index contributed by atoms with van der Waals surface area (Å²) in [5, 5.41) is 0.439. The van der Waals surface area contributed by atoms with Crippen molar-refractivity contribution < 1.29 is 9.47 Å². The Bertz CT molecular complexity index is 448. The van der Waals surface area contributed by atoms with E-state index in [1.54, 1.807) is 14.2 Å². The van der Waals surface area contributed by atoms with Crippen LogP contribution >= 0.6 is 23.2 Å². The third-order valence-electron chi connectivity index (χ3n) is 4.12. The number of ether oxygens (including phenoxy) is 2. The number of rotatable bonds is 4. The highest BCUT2D eigenvalue weighted by atomic mass is 35.5. The van der Waals surface area contributed by atoms with Crippen LogP contribution in [0.4, 0.5) is 0 Å². The van der Waals surface area contributed by atoms with E-state index in [1.807, 2.05) is 12.1 Å². The van der Waals surface area contributed by atoms with Crippen molar-refractivity contribution in [3.63, 3.8) is 0 Å². The Morgan fingerprint density at radius 2 is 1.95 bits per heavy atom. The van der Waals surface area contributed by atoms with Crippen LogP contribution in [0.15, 0.2) is 12.1 Å². The minimum absolute atomic E-state index is 0.0594. The average Bonchev–Trinajstić information content (AvgIpc) is 2.83. The molecule has 0 saturated heterocycles. The second-order valence-electron chi connectivity index (χ2n) is 5.18. The van der Waals surface area contributed by atoms with Crippen molar-refractivity contribution in [2.24, 2.45) is 11.8 Å². The zero-order valence-corrected chi connectivity index (χ0v) is 13.1. The molecular formula is C15H20Cl2O2. The highest BCUT2D eigenvalue weighted by Crippen LogP contribution is 2.48. The van der Waals surface area contributed by atoms with Crippen molar-refractivity contribution in [1.29, 1.82) is 0 Å². The predicted molar refractivity (Wildman–Crippen MR) is 79.7 cm³/mol. The molecule has 1 fully saturated rings. The fourth-order valence-corrected chi connectivity index (χ4v) is 3.85. The molecule has 0 spiro atoms. The molecule has 4 heteroatoms. The monoisotopic (exact) mass is 302 g/mol. The van der Waals surface area contributed by atoms with Crippen LogP contribution in [0.2, 0.25) is 5.02 Å². The summed E-state index contributed by atoms with van der Waals surface area (Å²) in [5.74, 6) is 2.39. The van der Waals surface area contributed by atoms with E-state index in [1.165, 1.54) is 19.3 Å². The molecule has 0 bridgehead atoms. The summed E-state index contributed by atoms with van der Waals surface area (Å²) in [6.07, 6.45) is 3.67. The normalized spacial score (nSPS) is 24.3. The van der Waals surface area contributed by atoms with E-state index in [9.17, 15) is 0 Å². The van der Waals surface area contributed by atoms with Crippen LogP contribution in [0.5, 0.6) is 11.5 Å². The second kappa shape index (κ2) is 6.23. The lowest BCUT2D eigenvalue weighted by atomic mass is 9.90. The first kappa shape index (κ1) is 14.8. The van der Waals surface area contributed by atoms with Gasteiger partial charge in [0.15, 0.2) is 0 Å². The number of methoxy groups -OCH3 is 2. The van der Waals surface area contributed by atoms with E-state index in [0.717, 1.165) is 5.56 Å². The van der Waals surface area contributed by atoms with E-state index in [0.29, 0.717) is 28.4 Å². The van der Waals surface area contributed by atoms with Gasteiger partial charge in [-0.2, -0.15) is 0 Å². The Labute approximate surface area is 125 Å². The Morgan fingerprint density at radius 3 is 2.47 bits per heavy atom. The van der Waals surface area contributed by atoms with Gasteiger partial charge >= 0.3 is 0 Å². The molecule has 106 valence electrons. The van der Waals surface area contributed by atoms with Crippen molar-refractivity contribution in [3.05, 3.63) is 22.7 Å². The predicted octanol–water partition coefficient (Wildman–Crippen LogP) is 5.07. The van der Waals surface area contributed by atoms with Gasteiger partial charge in [0.25, 0.3) is 0 Å². The molecule has 1 aliphatic rings. The Balaban J connectivity index is 2.36. The first-order chi connectivity index (χ1) is 9.10. The van der Waals surface area contributed by atoms with Crippen LogP contribution in [-0.4, -0.2) is 14.2 Å². The highest BCUT2D eigenvalue weighted by Gasteiger charge is 2.33. The summed E-state index contributed by atoms with van der Waals surface area (Å²) in [5.41, 5.74) is 0.966. The van der Waals surface area contributed by atoms with Gasteiger partial charge in [-0.3, -0.25) is 0 Å². The second-order valence-corrected chi connectivity index (χ2v) is 6.03. The molecule has 0 heterocycles. The lowest BCUT2D eigenvalue weighted by Gasteiger charge is -2.24. The maximum Gasteiger partial charge on any atom is 0.145 e. The van der Waals surface area contributed by atoms with E-state index >= 15 is 0 Å². The van der Waals surface area contributed by atoms with E-state index in [4.69, 9.17) is 32.7 Å². The van der Waals surface area contributed by atoms with Gasteiger partial charge < -0.3 is 9.47 Å². The minimum atomic E-state index is -0.0594. The van der Waals surface area contributed by atoms with E-state index in [-0.39, 0.29) is 5.38 Å². The molecule has 1 saturated carbocycles. The van der Waals surface area contributed by atoms with Gasteiger partial charge in [-0.1, -0.05) is 37.4 Å². The third kappa shape index (κ3) is 2.80. The smallest absolute Gasteiger partial charge is 0.145 e. The molecule has 0 aromatic heterocycles. The number of alkyl halides is 1. The van der Waals surface area contributed by atoms with Gasteiger partial charge in [0.2, 0.25) is 0 Å². The largest absolute Gasteiger partial charge is 0.495 e. The summed E-state index contributed by atoms with van der Waals surface area (Å²) < 4.78 is 10.7. The Kier molecular flexibility index (Phi) is 4.86. The van der Waals surface area contributed by atoms with Crippen LogP contribution in [-0.2, 0) is 0 Å². The molecule has 2 rings (SSSR count). The first-order valence-electron chi connectivity index (χ1n) is 6.64. The van der Waals surface area contributed by atoms with E-state index in [2.05, 4.69) is 6.92 Å². The molecule has 3 unspecified atom stereocenters. The summed E-state index contributed by atoms with van der Waals surface area (Å²) >= 11 is 13.0. The fraction of sp³-hybridized carbons (Fsp3) is 0.600. The molecule has 1 aromatic rings. The van der Waals surface area contributed by atoms with Crippen molar-refractivity contribution in [3.8, 4) is 11.5 Å². The molecule has 19 heavy (non-hydrogen) atoms. The molecule has 3 atom stereocenters. The average molecular weight is 303 g/mol. The number of hydrogen-bond donors (Lipinski definition) is 0. The Hall–Kier alpha value is -0.600. The van der Waals surface area contributed by atoms with Crippen molar-refractivity contribution >= 4 is 23.2 Å². The molecule has 2 nitrogen and oxygen atoms in total. The third-order valence-corrected chi connectivity index (χ3v) is 5.03. The Morgan fingerprint density at radius 1 is 1.21 bits per heavy atom. The zero-order valence-electron chi connectivity index (χ0n) is 11.6. The topological polar surface area (TPSA) is 18.5 Å². The maximum atomic E-state index is 6.68. The van der Waals surface area contributed by atoms with Gasteiger partial charge in [0.05, 0.1) is 19.6 Å². The fourth-order valence-electron chi connectivity index (χ4n) is 2.97. The molecule has 1 aromatic carbocycles. The van der Waals surface area contributed by atoms with Crippen molar-refractivity contribution in [1.82, 2.24) is 0 Å². The summed E-state index contributed by atoms with van der Waals surface area (Å²) in [6.45, 7) is 2.27. The van der Waals surface area contributed by atoms with Crippen LogP contribution in [0.3, 0.4) is 0 Å². The SMILES string of the molecule is COc1ccc(C(Cl)C2CCCC2C)c(OC)c1Cl. The molecule has 0 N–H and O–H groups in total. The molecule has 1 aliphatic carbocycles. The summed E-state index contributed by atoms with van der Waals surface area (Å²) in [6, 6.07) is 3.82. The lowest BCUT2D eigenvalue weighted by molar-refractivity contribution is 0.372. The highest BCUT2D eigenvalue weighted by molar-refractivity contribution is 6.34. The van der Waals surface area contributed by atoms with Crippen LogP contribution in [0.1, 0.15) is 37.1 Å². The van der Waals surface area contributed by atoms with Gasteiger partial charge in [-0.05, 0) is 24.3 Å². The number of benzene rings is 1. The summed E-state index contributed by atoms with van der Waals surface area (Å²) in [7, 11) is 3.21. The number of hydrogen-bond acceptors (Lipinski definition) is 2. The van der Waals surface area contributed by atoms with Gasteiger partial charge in [0.1, 0.15) is 16.5 Å². The molecule has 0 aliphatic heterocycles. The van der Waals surface area contributed by atoms with Crippen LogP contribution < -0.4 is 9.47 Å². The number of halogens is 2. The van der Waals surface area contributed by atoms with E-state index < -0.39 is 0 Å². The summed E-state index contributed by atoms with van der Waals surface area (Å²) in [4.78, 5) is 0. The van der Waals surface area contributed by atoms with Crippen molar-refractivity contribution in [2.45, 2.75) is 31.6 Å². The van der Waals surface area contributed by atoms with Gasteiger partial charge in [-0.25, -0.2) is 0 Å². The first-order valence-corrected chi connectivity index (χ1v) is 7.46. The zero-order chi connectivity index (χ0) is 14.0. The molecular weight excluding hydrogens is 283 g/mol. The van der Waals surface area contributed by atoms with Crippen LogP contribution in [0.25, 0.3) is 0 Å². The lowest BCUT2D eigenvalue weighted by Crippen LogP contribution is -2.12. The quantitative estimate of drug-likeness (QED) is 0.723. The van der Waals surface area contributed by atoms with Gasteiger partial charge in [0, 0.05) is 5.56 Å². The van der Waals surface area contributed by atoms with Crippen LogP contribution in [0, 0.1) is 11.8 Å². The molecule has 0 radical (unpaired) electrons. The van der Waals surface area contributed by atoms with Crippen molar-refractivity contribution in [2.75, 3.05) is 14.2 Å². The van der Waals surface area contributed by atoms with Gasteiger partial charge in [-0.15, -0.1) is 11.6 Å². The molecule has 0 amide bonds. The maximum absolute atomic E-state index is 6.68.